The van der Waals surface area contributed by atoms with Crippen LogP contribution in [0.4, 0.5) is 11.8 Å². The standard InChI is InChI=1S/C17H12Cl3N9O3/c18-11-2-1-3-12(19)10(11)6-27-7-13(20)15(24-27)22-16(30)14-4-5-26(23-14)9-28-8-21-17(25-28)29(31)32/h1-5,7-8H,6,9H2,(H,22,24,30). The first kappa shape index (κ1) is 21.7. The van der Waals surface area contributed by atoms with E-state index in [9.17, 15) is 14.9 Å². The summed E-state index contributed by atoms with van der Waals surface area (Å²) in [4.78, 5) is 26.0. The van der Waals surface area contributed by atoms with Crippen molar-refractivity contribution in [3.05, 3.63) is 79.4 Å². The molecular formula is C17H12Cl3N9O3. The third kappa shape index (κ3) is 4.72. The van der Waals surface area contributed by atoms with Gasteiger partial charge >= 0.3 is 5.95 Å². The van der Waals surface area contributed by atoms with Crippen LogP contribution < -0.4 is 5.32 Å². The molecule has 0 spiro atoms. The van der Waals surface area contributed by atoms with Gasteiger partial charge in [-0.1, -0.05) is 45.9 Å². The Morgan fingerprint density at radius 1 is 1.03 bits per heavy atom. The van der Waals surface area contributed by atoms with E-state index in [2.05, 4.69) is 25.6 Å². The van der Waals surface area contributed by atoms with Crippen molar-refractivity contribution in [1.29, 1.82) is 0 Å². The number of carbonyl (C=O) groups is 1. The third-order valence-corrected chi connectivity index (χ3v) is 5.17. The van der Waals surface area contributed by atoms with Gasteiger partial charge in [-0.15, -0.1) is 0 Å². The predicted molar refractivity (Wildman–Crippen MR) is 115 cm³/mol. The predicted octanol–water partition coefficient (Wildman–Crippen LogP) is 3.35. The van der Waals surface area contributed by atoms with E-state index in [0.29, 0.717) is 15.6 Å². The minimum absolute atomic E-state index is 0.0299. The van der Waals surface area contributed by atoms with E-state index in [1.807, 2.05) is 0 Å². The summed E-state index contributed by atoms with van der Waals surface area (Å²) in [6.45, 7) is 0.287. The molecule has 12 nitrogen and oxygen atoms in total. The van der Waals surface area contributed by atoms with Crippen molar-refractivity contribution in [3.63, 3.8) is 0 Å². The maximum atomic E-state index is 12.5. The van der Waals surface area contributed by atoms with Crippen LogP contribution in [0.15, 0.2) is 43.0 Å². The highest BCUT2D eigenvalue weighted by Crippen LogP contribution is 2.27. The van der Waals surface area contributed by atoms with Crippen LogP contribution >= 0.6 is 34.8 Å². The number of nitrogens with one attached hydrogen (secondary N) is 1. The van der Waals surface area contributed by atoms with Gasteiger partial charge in [-0.25, -0.2) is 4.68 Å². The SMILES string of the molecule is O=C(Nc1nn(Cc2c(Cl)cccc2Cl)cc1Cl)c1ccn(Cn2cnc([N+](=O)[O-])n2)n1. The molecular weight excluding hydrogens is 485 g/mol. The summed E-state index contributed by atoms with van der Waals surface area (Å²) in [7, 11) is 0. The van der Waals surface area contributed by atoms with Gasteiger partial charge in [0.25, 0.3) is 5.91 Å². The molecule has 0 unspecified atom stereocenters. The molecule has 4 rings (SSSR count). The topological polar surface area (TPSA) is 139 Å². The lowest BCUT2D eigenvalue weighted by Gasteiger charge is -2.06. The summed E-state index contributed by atoms with van der Waals surface area (Å²) >= 11 is 18.6. The minimum Gasteiger partial charge on any atom is -0.390 e. The number of nitrogens with zero attached hydrogens (tertiary/aromatic N) is 8. The molecule has 32 heavy (non-hydrogen) atoms. The van der Waals surface area contributed by atoms with Crippen molar-refractivity contribution < 1.29 is 9.72 Å². The number of halogens is 3. The molecule has 0 atom stereocenters. The van der Waals surface area contributed by atoms with Gasteiger partial charge in [-0.3, -0.25) is 9.48 Å². The lowest BCUT2D eigenvalue weighted by Crippen LogP contribution is -2.16. The molecule has 0 radical (unpaired) electrons. The Balaban J connectivity index is 1.43. The van der Waals surface area contributed by atoms with Crippen LogP contribution in [0.25, 0.3) is 0 Å². The zero-order chi connectivity index (χ0) is 22.8. The highest BCUT2D eigenvalue weighted by Gasteiger charge is 2.17. The van der Waals surface area contributed by atoms with Gasteiger partial charge in [0, 0.05) is 33.1 Å². The van der Waals surface area contributed by atoms with Crippen LogP contribution in [-0.2, 0) is 13.2 Å². The first-order valence-corrected chi connectivity index (χ1v) is 9.98. The largest absolute Gasteiger partial charge is 0.491 e. The Morgan fingerprint density at radius 2 is 1.78 bits per heavy atom. The number of carbonyl (C=O) groups excluding carboxylic acids is 1. The Morgan fingerprint density at radius 3 is 2.47 bits per heavy atom. The van der Waals surface area contributed by atoms with Gasteiger partial charge < -0.3 is 15.4 Å². The molecule has 1 aromatic carbocycles. The number of nitro groups is 1. The molecule has 0 saturated heterocycles. The number of benzene rings is 1. The number of anilines is 1. The fourth-order valence-corrected chi connectivity index (χ4v) is 3.44. The number of rotatable bonds is 7. The first-order valence-electron chi connectivity index (χ1n) is 8.84. The molecule has 0 aliphatic heterocycles. The number of aromatic nitrogens is 7. The molecule has 0 aliphatic rings. The van der Waals surface area contributed by atoms with E-state index in [0.717, 1.165) is 0 Å². The first-order chi connectivity index (χ1) is 15.3. The summed E-state index contributed by atoms with van der Waals surface area (Å²) in [6, 6.07) is 6.63. The highest BCUT2D eigenvalue weighted by atomic mass is 35.5. The van der Waals surface area contributed by atoms with Gasteiger partial charge in [0.1, 0.15) is 5.02 Å². The van der Waals surface area contributed by atoms with E-state index < -0.39 is 16.8 Å². The fourth-order valence-electron chi connectivity index (χ4n) is 2.73. The number of hydrogen-bond acceptors (Lipinski definition) is 7. The Kier molecular flexibility index (Phi) is 6.08. The monoisotopic (exact) mass is 495 g/mol. The molecule has 1 amide bonds. The van der Waals surface area contributed by atoms with Gasteiger partial charge in [0.15, 0.2) is 18.2 Å². The minimum atomic E-state index is -0.707. The van der Waals surface area contributed by atoms with Crippen molar-refractivity contribution in [1.82, 2.24) is 34.3 Å². The highest BCUT2D eigenvalue weighted by molar-refractivity contribution is 6.36. The van der Waals surface area contributed by atoms with E-state index >= 15 is 0 Å². The smallest absolute Gasteiger partial charge is 0.390 e. The van der Waals surface area contributed by atoms with Crippen LogP contribution in [0.1, 0.15) is 16.1 Å². The summed E-state index contributed by atoms with van der Waals surface area (Å²) in [6.07, 6.45) is 4.24. The van der Waals surface area contributed by atoms with Gasteiger partial charge in [0.05, 0.1) is 6.54 Å². The maximum absolute atomic E-state index is 12.5. The normalized spacial score (nSPS) is 11.0. The Labute approximate surface area is 194 Å². The van der Waals surface area contributed by atoms with Crippen LogP contribution in [0.5, 0.6) is 0 Å². The molecule has 164 valence electrons. The van der Waals surface area contributed by atoms with E-state index in [1.54, 1.807) is 18.2 Å². The average molecular weight is 497 g/mol. The second kappa shape index (κ2) is 8.94. The zero-order valence-electron chi connectivity index (χ0n) is 15.9. The van der Waals surface area contributed by atoms with Crippen molar-refractivity contribution >= 4 is 52.5 Å². The van der Waals surface area contributed by atoms with E-state index in [1.165, 1.54) is 38.8 Å². The van der Waals surface area contributed by atoms with Crippen LogP contribution in [0.3, 0.4) is 0 Å². The van der Waals surface area contributed by atoms with Crippen LogP contribution in [0.2, 0.25) is 15.1 Å². The molecule has 0 fully saturated rings. The van der Waals surface area contributed by atoms with Crippen molar-refractivity contribution in [2.75, 3.05) is 5.32 Å². The van der Waals surface area contributed by atoms with E-state index in [4.69, 9.17) is 34.8 Å². The second-order valence-corrected chi connectivity index (χ2v) is 7.62. The summed E-state index contributed by atoms with van der Waals surface area (Å²) in [5, 5.41) is 26.5. The second-order valence-electron chi connectivity index (χ2n) is 6.40. The van der Waals surface area contributed by atoms with Crippen molar-refractivity contribution in [2.45, 2.75) is 13.2 Å². The number of amides is 1. The molecule has 0 aliphatic carbocycles. The fraction of sp³-hybridized carbons (Fsp3) is 0.118. The Bertz CT molecular complexity index is 1290. The van der Waals surface area contributed by atoms with Gasteiger partial charge in [0.2, 0.25) is 6.33 Å². The lowest BCUT2D eigenvalue weighted by molar-refractivity contribution is -0.394. The van der Waals surface area contributed by atoms with Crippen LogP contribution in [-0.4, -0.2) is 45.2 Å². The summed E-state index contributed by atoms with van der Waals surface area (Å²) in [5.74, 6) is -0.934. The lowest BCUT2D eigenvalue weighted by atomic mass is 10.2. The average Bonchev–Trinajstić information content (AvgIpc) is 3.46. The zero-order valence-corrected chi connectivity index (χ0v) is 18.2. The molecule has 0 saturated carbocycles. The van der Waals surface area contributed by atoms with Gasteiger partial charge in [-0.05, 0) is 23.1 Å². The summed E-state index contributed by atoms with van der Waals surface area (Å²) in [5.41, 5.74) is 0.749. The molecule has 0 bridgehead atoms. The molecule has 4 aromatic rings. The molecule has 1 N–H and O–H groups in total. The van der Waals surface area contributed by atoms with Gasteiger partial charge in [-0.2, -0.15) is 14.9 Å². The Hall–Kier alpha value is -3.48. The maximum Gasteiger partial charge on any atom is 0.491 e. The molecule has 3 heterocycles. The quantitative estimate of drug-likeness (QED) is 0.306. The van der Waals surface area contributed by atoms with E-state index in [-0.39, 0.29) is 29.7 Å². The summed E-state index contributed by atoms with van der Waals surface area (Å²) < 4.78 is 4.08. The third-order valence-electron chi connectivity index (χ3n) is 4.18. The van der Waals surface area contributed by atoms with Crippen molar-refractivity contribution in [2.24, 2.45) is 0 Å². The molecule has 3 aromatic heterocycles. The van der Waals surface area contributed by atoms with Crippen molar-refractivity contribution in [3.8, 4) is 0 Å². The van der Waals surface area contributed by atoms with Crippen LogP contribution in [0, 0.1) is 10.1 Å². The molecule has 15 heteroatoms. The number of hydrogen-bond donors (Lipinski definition) is 1.